The predicted octanol–water partition coefficient (Wildman–Crippen LogP) is 1.77. The van der Waals surface area contributed by atoms with Crippen LogP contribution in [0.5, 0.6) is 0 Å². The first-order valence-electron chi connectivity index (χ1n) is 6.20. The van der Waals surface area contributed by atoms with Crippen molar-refractivity contribution in [3.63, 3.8) is 0 Å². The van der Waals surface area contributed by atoms with Gasteiger partial charge in [-0.05, 0) is 35.0 Å². The Morgan fingerprint density at radius 1 is 1.37 bits per heavy atom. The molecule has 0 aliphatic heterocycles. The largest absolute Gasteiger partial charge is 0.392 e. The minimum atomic E-state index is -0.319. The van der Waals surface area contributed by atoms with Gasteiger partial charge in [0.1, 0.15) is 5.52 Å². The van der Waals surface area contributed by atoms with Gasteiger partial charge in [0.25, 0.3) is 0 Å². The van der Waals surface area contributed by atoms with E-state index in [4.69, 9.17) is 5.11 Å². The molecule has 102 valence electrons. The van der Waals surface area contributed by atoms with Crippen molar-refractivity contribution in [1.82, 2.24) is 15.3 Å². The molecule has 0 saturated heterocycles. The molecular formula is C13H17BrN4O. The van der Waals surface area contributed by atoms with E-state index in [1.807, 2.05) is 12.1 Å². The van der Waals surface area contributed by atoms with Crippen molar-refractivity contribution in [3.05, 3.63) is 29.0 Å². The third kappa shape index (κ3) is 4.12. The van der Waals surface area contributed by atoms with Gasteiger partial charge in [-0.15, -0.1) is 0 Å². The maximum absolute atomic E-state index is 9.13. The summed E-state index contributed by atoms with van der Waals surface area (Å²) in [5, 5.41) is 15.6. The maximum Gasteiger partial charge on any atom is 0.112 e. The topological polar surface area (TPSA) is 70.1 Å². The van der Waals surface area contributed by atoms with Crippen molar-refractivity contribution in [3.8, 4) is 0 Å². The number of fused-ring (bicyclic) bond motifs is 1. The van der Waals surface area contributed by atoms with Gasteiger partial charge in [0.05, 0.1) is 17.3 Å². The molecule has 0 radical (unpaired) electrons. The van der Waals surface area contributed by atoms with Crippen molar-refractivity contribution < 1.29 is 5.11 Å². The van der Waals surface area contributed by atoms with Crippen LogP contribution in [-0.2, 0) is 0 Å². The van der Waals surface area contributed by atoms with E-state index in [0.717, 1.165) is 34.3 Å². The number of hydrogen-bond donors (Lipinski definition) is 3. The number of aliphatic hydroxyl groups excluding tert-OH is 1. The molecule has 2 heterocycles. The van der Waals surface area contributed by atoms with E-state index >= 15 is 0 Å². The minimum absolute atomic E-state index is 0.319. The highest BCUT2D eigenvalue weighted by Gasteiger charge is 2.03. The number of halogens is 1. The van der Waals surface area contributed by atoms with Gasteiger partial charge in [-0.3, -0.25) is 9.97 Å². The summed E-state index contributed by atoms with van der Waals surface area (Å²) in [7, 11) is 0. The van der Waals surface area contributed by atoms with Gasteiger partial charge in [0.2, 0.25) is 0 Å². The first-order chi connectivity index (χ1) is 9.16. The van der Waals surface area contributed by atoms with Gasteiger partial charge in [-0.2, -0.15) is 0 Å². The smallest absolute Gasteiger partial charge is 0.112 e. The van der Waals surface area contributed by atoms with Crippen LogP contribution in [0.25, 0.3) is 11.0 Å². The maximum atomic E-state index is 9.13. The molecule has 0 aromatic carbocycles. The molecule has 0 amide bonds. The average Bonchev–Trinajstić information content (AvgIpc) is 2.37. The Morgan fingerprint density at radius 2 is 2.21 bits per heavy atom. The summed E-state index contributed by atoms with van der Waals surface area (Å²) in [5.74, 6) is 0. The molecule has 3 N–H and O–H groups in total. The van der Waals surface area contributed by atoms with Crippen molar-refractivity contribution in [2.45, 2.75) is 13.0 Å². The zero-order chi connectivity index (χ0) is 13.7. The summed E-state index contributed by atoms with van der Waals surface area (Å²) < 4.78 is 0.920. The number of rotatable bonds is 6. The van der Waals surface area contributed by atoms with Crippen LogP contribution in [-0.4, -0.2) is 40.8 Å². The molecule has 0 saturated carbocycles. The molecule has 0 fully saturated rings. The second-order valence-electron chi connectivity index (χ2n) is 4.36. The normalized spacial score (nSPS) is 12.6. The van der Waals surface area contributed by atoms with E-state index in [9.17, 15) is 0 Å². The van der Waals surface area contributed by atoms with Crippen molar-refractivity contribution >= 4 is 32.7 Å². The summed E-state index contributed by atoms with van der Waals surface area (Å²) >= 11 is 3.39. The van der Waals surface area contributed by atoms with E-state index in [0.29, 0.717) is 6.54 Å². The molecule has 2 rings (SSSR count). The van der Waals surface area contributed by atoms with Gasteiger partial charge in [-0.25, -0.2) is 0 Å². The lowest BCUT2D eigenvalue weighted by Gasteiger charge is -2.10. The molecule has 5 nitrogen and oxygen atoms in total. The zero-order valence-corrected chi connectivity index (χ0v) is 12.3. The van der Waals surface area contributed by atoms with E-state index in [-0.39, 0.29) is 6.10 Å². The molecule has 2 aromatic heterocycles. The molecule has 2 aromatic rings. The molecule has 0 spiro atoms. The van der Waals surface area contributed by atoms with Gasteiger partial charge in [0.15, 0.2) is 0 Å². The predicted molar refractivity (Wildman–Crippen MR) is 80.3 cm³/mol. The Morgan fingerprint density at radius 3 is 3.00 bits per heavy atom. The van der Waals surface area contributed by atoms with Crippen LogP contribution >= 0.6 is 15.9 Å². The molecule has 0 bridgehead atoms. The van der Waals surface area contributed by atoms with Crippen LogP contribution in [0.15, 0.2) is 29.0 Å². The lowest BCUT2D eigenvalue weighted by Crippen LogP contribution is -2.29. The Balaban J connectivity index is 1.97. The van der Waals surface area contributed by atoms with E-state index in [1.54, 1.807) is 19.3 Å². The highest BCUT2D eigenvalue weighted by atomic mass is 79.9. The highest BCUT2D eigenvalue weighted by molar-refractivity contribution is 9.10. The number of hydrogen-bond acceptors (Lipinski definition) is 5. The third-order valence-electron chi connectivity index (χ3n) is 2.60. The van der Waals surface area contributed by atoms with Crippen molar-refractivity contribution in [1.29, 1.82) is 0 Å². The SMILES string of the molecule is CC(O)CNCCNc1ccnc2cc(Br)cnc12. The molecule has 6 heteroatoms. The molecule has 1 unspecified atom stereocenters. The van der Waals surface area contributed by atoms with E-state index in [1.165, 1.54) is 0 Å². The molecule has 1 atom stereocenters. The lowest BCUT2D eigenvalue weighted by molar-refractivity contribution is 0.192. The fraction of sp³-hybridized carbons (Fsp3) is 0.385. The highest BCUT2D eigenvalue weighted by Crippen LogP contribution is 2.21. The fourth-order valence-electron chi connectivity index (χ4n) is 1.74. The molecule has 0 aliphatic rings. The molecule has 19 heavy (non-hydrogen) atoms. The van der Waals surface area contributed by atoms with Crippen LogP contribution in [0.2, 0.25) is 0 Å². The Labute approximate surface area is 120 Å². The lowest BCUT2D eigenvalue weighted by atomic mass is 10.3. The quantitative estimate of drug-likeness (QED) is 0.706. The minimum Gasteiger partial charge on any atom is -0.392 e. The number of aromatic nitrogens is 2. The van der Waals surface area contributed by atoms with E-state index < -0.39 is 0 Å². The standard InChI is InChI=1S/C13H17BrN4O/c1-9(19)7-15-4-5-17-11-2-3-16-12-6-10(14)8-18-13(11)12/h2-3,6,8-9,15,19H,4-5,7H2,1H3,(H,16,17). The summed E-state index contributed by atoms with van der Waals surface area (Å²) in [4.78, 5) is 8.66. The molecular weight excluding hydrogens is 308 g/mol. The van der Waals surface area contributed by atoms with Crippen LogP contribution in [0.3, 0.4) is 0 Å². The van der Waals surface area contributed by atoms with Crippen molar-refractivity contribution in [2.24, 2.45) is 0 Å². The van der Waals surface area contributed by atoms with Gasteiger partial charge >= 0.3 is 0 Å². The Bertz CT molecular complexity index is 547. The van der Waals surface area contributed by atoms with Crippen LogP contribution in [0, 0.1) is 0 Å². The summed E-state index contributed by atoms with van der Waals surface area (Å²) in [6, 6.07) is 3.86. The van der Waals surface area contributed by atoms with Gasteiger partial charge < -0.3 is 15.7 Å². The number of nitrogens with one attached hydrogen (secondary N) is 2. The summed E-state index contributed by atoms with van der Waals surface area (Å²) in [5.41, 5.74) is 2.69. The number of aliphatic hydroxyl groups is 1. The van der Waals surface area contributed by atoms with Crippen LogP contribution in [0.1, 0.15) is 6.92 Å². The monoisotopic (exact) mass is 324 g/mol. The zero-order valence-electron chi connectivity index (χ0n) is 10.7. The van der Waals surface area contributed by atoms with Crippen LogP contribution in [0.4, 0.5) is 5.69 Å². The number of anilines is 1. The third-order valence-corrected chi connectivity index (χ3v) is 3.03. The summed E-state index contributed by atoms with van der Waals surface area (Å²) in [6.45, 7) is 3.91. The Hall–Kier alpha value is -1.24. The Kier molecular flexibility index (Phi) is 5.07. The first kappa shape index (κ1) is 14.2. The van der Waals surface area contributed by atoms with Gasteiger partial charge in [0, 0.05) is 36.5 Å². The summed E-state index contributed by atoms with van der Waals surface area (Å²) in [6.07, 6.45) is 3.21. The average molecular weight is 325 g/mol. The van der Waals surface area contributed by atoms with Gasteiger partial charge in [-0.1, -0.05) is 0 Å². The van der Waals surface area contributed by atoms with Crippen LogP contribution < -0.4 is 10.6 Å². The first-order valence-corrected chi connectivity index (χ1v) is 6.99. The number of pyridine rings is 2. The second kappa shape index (κ2) is 6.79. The number of nitrogens with zero attached hydrogens (tertiary/aromatic N) is 2. The fourth-order valence-corrected chi connectivity index (χ4v) is 2.06. The van der Waals surface area contributed by atoms with Crippen molar-refractivity contribution in [2.75, 3.05) is 25.0 Å². The van der Waals surface area contributed by atoms with E-state index in [2.05, 4.69) is 36.5 Å². The molecule has 0 aliphatic carbocycles. The second-order valence-corrected chi connectivity index (χ2v) is 5.28.